The lowest BCUT2D eigenvalue weighted by molar-refractivity contribution is -0.117. The van der Waals surface area contributed by atoms with Crippen LogP contribution in [0.1, 0.15) is 19.8 Å². The van der Waals surface area contributed by atoms with E-state index in [4.69, 9.17) is 9.47 Å². The number of carbonyl (C=O) groups excluding carboxylic acids is 1. The zero-order chi connectivity index (χ0) is 18.6. The highest BCUT2D eigenvalue weighted by atomic mass is 16.5. The van der Waals surface area contributed by atoms with Crippen molar-refractivity contribution in [1.82, 2.24) is 10.6 Å². The second-order valence-corrected chi connectivity index (χ2v) is 6.10. The van der Waals surface area contributed by atoms with Crippen molar-refractivity contribution in [2.24, 2.45) is 4.99 Å². The van der Waals surface area contributed by atoms with Gasteiger partial charge in [-0.2, -0.15) is 0 Å². The van der Waals surface area contributed by atoms with E-state index in [1.165, 1.54) is 0 Å². The first-order valence-corrected chi connectivity index (χ1v) is 9.21. The van der Waals surface area contributed by atoms with Crippen molar-refractivity contribution < 1.29 is 14.3 Å². The smallest absolute Gasteiger partial charge is 0.229 e. The van der Waals surface area contributed by atoms with Crippen molar-refractivity contribution in [3.63, 3.8) is 0 Å². The van der Waals surface area contributed by atoms with E-state index in [0.29, 0.717) is 39.3 Å². The molecule has 2 N–H and O–H groups in total. The number of benzene rings is 1. The molecular formula is C19H30N4O3. The van der Waals surface area contributed by atoms with Gasteiger partial charge < -0.3 is 25.0 Å². The van der Waals surface area contributed by atoms with Gasteiger partial charge in [-0.25, -0.2) is 0 Å². The van der Waals surface area contributed by atoms with Gasteiger partial charge in [-0.1, -0.05) is 18.2 Å². The summed E-state index contributed by atoms with van der Waals surface area (Å²) < 4.78 is 10.4. The van der Waals surface area contributed by atoms with Gasteiger partial charge in [0.05, 0.1) is 19.3 Å². The third-order valence-corrected chi connectivity index (χ3v) is 4.03. The Morgan fingerprint density at radius 1 is 1.27 bits per heavy atom. The molecule has 1 unspecified atom stereocenters. The summed E-state index contributed by atoms with van der Waals surface area (Å²) in [5.41, 5.74) is 0.942. The molecule has 0 radical (unpaired) electrons. The van der Waals surface area contributed by atoms with Gasteiger partial charge >= 0.3 is 0 Å². The van der Waals surface area contributed by atoms with Crippen LogP contribution < -0.4 is 15.5 Å². The van der Waals surface area contributed by atoms with Crippen molar-refractivity contribution in [3.8, 4) is 0 Å². The fourth-order valence-corrected chi connectivity index (χ4v) is 2.78. The lowest BCUT2D eigenvalue weighted by Gasteiger charge is -2.19. The normalized spacial score (nSPS) is 17.6. The summed E-state index contributed by atoms with van der Waals surface area (Å²) in [5, 5.41) is 6.61. The van der Waals surface area contributed by atoms with Gasteiger partial charge in [0.25, 0.3) is 0 Å². The summed E-state index contributed by atoms with van der Waals surface area (Å²) in [4.78, 5) is 18.7. The standard InChI is InChI=1S/C19H30N4O3/c1-3-20-19(21-10-7-11-26-13-12-25-2)22-16-14-18(24)23(15-16)17-8-5-4-6-9-17/h4-6,8-9,16H,3,7,10-15H2,1-2H3,(H2,20,21,22). The van der Waals surface area contributed by atoms with Crippen molar-refractivity contribution in [2.75, 3.05) is 51.5 Å². The molecule has 0 aromatic heterocycles. The van der Waals surface area contributed by atoms with Gasteiger partial charge in [-0.15, -0.1) is 0 Å². The lowest BCUT2D eigenvalue weighted by Crippen LogP contribution is -2.44. The van der Waals surface area contributed by atoms with E-state index in [2.05, 4.69) is 15.6 Å². The number of anilines is 1. The van der Waals surface area contributed by atoms with Crippen LogP contribution in [0.3, 0.4) is 0 Å². The molecule has 1 atom stereocenters. The fraction of sp³-hybridized carbons (Fsp3) is 0.579. The molecule has 1 aliphatic heterocycles. The largest absolute Gasteiger partial charge is 0.382 e. The zero-order valence-corrected chi connectivity index (χ0v) is 15.7. The van der Waals surface area contributed by atoms with Crippen LogP contribution in [-0.2, 0) is 14.3 Å². The van der Waals surface area contributed by atoms with E-state index in [1.807, 2.05) is 42.2 Å². The molecule has 1 aromatic carbocycles. The summed E-state index contributed by atoms with van der Waals surface area (Å²) in [6.45, 7) is 6.01. The number of nitrogens with zero attached hydrogens (tertiary/aromatic N) is 2. The Morgan fingerprint density at radius 2 is 2.08 bits per heavy atom. The molecule has 1 fully saturated rings. The molecule has 7 heteroatoms. The minimum Gasteiger partial charge on any atom is -0.382 e. The molecule has 7 nitrogen and oxygen atoms in total. The Bertz CT molecular complexity index is 565. The van der Waals surface area contributed by atoms with Gasteiger partial charge in [-0.3, -0.25) is 9.79 Å². The molecule has 2 rings (SSSR count). The molecule has 0 aliphatic carbocycles. The minimum absolute atomic E-state index is 0.0541. The number of methoxy groups -OCH3 is 1. The molecule has 1 saturated heterocycles. The molecule has 26 heavy (non-hydrogen) atoms. The molecular weight excluding hydrogens is 332 g/mol. The van der Waals surface area contributed by atoms with Crippen LogP contribution in [0.25, 0.3) is 0 Å². The first-order chi connectivity index (χ1) is 12.7. The van der Waals surface area contributed by atoms with Gasteiger partial charge in [0.2, 0.25) is 5.91 Å². The van der Waals surface area contributed by atoms with E-state index >= 15 is 0 Å². The number of rotatable bonds is 10. The number of amides is 1. The Hall–Kier alpha value is -2.12. The van der Waals surface area contributed by atoms with Gasteiger partial charge in [0.1, 0.15) is 0 Å². The average molecular weight is 362 g/mol. The van der Waals surface area contributed by atoms with Crippen molar-refractivity contribution >= 4 is 17.6 Å². The lowest BCUT2D eigenvalue weighted by atomic mass is 10.2. The highest BCUT2D eigenvalue weighted by Crippen LogP contribution is 2.20. The summed E-state index contributed by atoms with van der Waals surface area (Å²) in [6, 6.07) is 9.83. The summed E-state index contributed by atoms with van der Waals surface area (Å²) >= 11 is 0. The van der Waals surface area contributed by atoms with E-state index in [1.54, 1.807) is 7.11 Å². The molecule has 1 heterocycles. The Morgan fingerprint density at radius 3 is 2.81 bits per heavy atom. The highest BCUT2D eigenvalue weighted by Gasteiger charge is 2.30. The van der Waals surface area contributed by atoms with E-state index in [9.17, 15) is 4.79 Å². The van der Waals surface area contributed by atoms with Gasteiger partial charge in [0, 0.05) is 45.5 Å². The Kier molecular flexibility index (Phi) is 8.92. The molecule has 1 amide bonds. The first-order valence-electron chi connectivity index (χ1n) is 9.21. The topological polar surface area (TPSA) is 75.2 Å². The van der Waals surface area contributed by atoms with Gasteiger partial charge in [0.15, 0.2) is 5.96 Å². The first kappa shape index (κ1) is 20.2. The number of hydrogen-bond donors (Lipinski definition) is 2. The van der Waals surface area contributed by atoms with Crippen LogP contribution in [0.2, 0.25) is 0 Å². The Balaban J connectivity index is 1.80. The summed E-state index contributed by atoms with van der Waals surface area (Å²) in [6.07, 6.45) is 1.32. The summed E-state index contributed by atoms with van der Waals surface area (Å²) in [7, 11) is 1.66. The number of hydrogen-bond acceptors (Lipinski definition) is 4. The van der Waals surface area contributed by atoms with Crippen molar-refractivity contribution in [1.29, 1.82) is 0 Å². The van der Waals surface area contributed by atoms with Crippen LogP contribution in [-0.4, -0.2) is 64.5 Å². The second-order valence-electron chi connectivity index (χ2n) is 6.10. The predicted octanol–water partition coefficient (Wildman–Crippen LogP) is 1.40. The molecule has 0 saturated carbocycles. The molecule has 0 spiro atoms. The highest BCUT2D eigenvalue weighted by molar-refractivity contribution is 5.97. The quantitative estimate of drug-likeness (QED) is 0.374. The SMILES string of the molecule is CCNC(=NCCCOCCOC)NC1CC(=O)N(c2ccccc2)C1. The van der Waals surface area contributed by atoms with Crippen LogP contribution in [0.5, 0.6) is 0 Å². The molecule has 1 aliphatic rings. The molecule has 1 aromatic rings. The summed E-state index contributed by atoms with van der Waals surface area (Å²) in [5.74, 6) is 0.883. The average Bonchev–Trinajstić information content (AvgIpc) is 3.02. The number of para-hydroxylation sites is 1. The fourth-order valence-electron chi connectivity index (χ4n) is 2.78. The molecule has 0 bridgehead atoms. The monoisotopic (exact) mass is 362 g/mol. The second kappa shape index (κ2) is 11.5. The maximum absolute atomic E-state index is 12.3. The van der Waals surface area contributed by atoms with Crippen LogP contribution in [0, 0.1) is 0 Å². The number of nitrogens with one attached hydrogen (secondary N) is 2. The van der Waals surface area contributed by atoms with Crippen molar-refractivity contribution in [2.45, 2.75) is 25.8 Å². The number of ether oxygens (including phenoxy) is 2. The maximum Gasteiger partial charge on any atom is 0.229 e. The third-order valence-electron chi connectivity index (χ3n) is 4.03. The number of guanidine groups is 1. The van der Waals surface area contributed by atoms with E-state index in [0.717, 1.165) is 24.6 Å². The maximum atomic E-state index is 12.3. The zero-order valence-electron chi connectivity index (χ0n) is 15.7. The van der Waals surface area contributed by atoms with Crippen LogP contribution in [0.4, 0.5) is 5.69 Å². The van der Waals surface area contributed by atoms with E-state index < -0.39 is 0 Å². The van der Waals surface area contributed by atoms with Crippen molar-refractivity contribution in [3.05, 3.63) is 30.3 Å². The number of carbonyl (C=O) groups is 1. The predicted molar refractivity (Wildman–Crippen MR) is 104 cm³/mol. The Labute approximate surface area is 155 Å². The van der Waals surface area contributed by atoms with Crippen LogP contribution >= 0.6 is 0 Å². The number of aliphatic imine (C=N–C) groups is 1. The van der Waals surface area contributed by atoms with Crippen LogP contribution in [0.15, 0.2) is 35.3 Å². The third kappa shape index (κ3) is 6.65. The van der Waals surface area contributed by atoms with E-state index in [-0.39, 0.29) is 11.9 Å². The minimum atomic E-state index is 0.0541. The van der Waals surface area contributed by atoms with Gasteiger partial charge in [-0.05, 0) is 25.5 Å². The molecule has 144 valence electrons.